The molecule has 2 N–H and O–H groups in total. The first-order valence-electron chi connectivity index (χ1n) is 7.45. The van der Waals surface area contributed by atoms with Crippen LogP contribution < -0.4 is 10.6 Å². The van der Waals surface area contributed by atoms with Crippen molar-refractivity contribution in [3.63, 3.8) is 0 Å². The molecule has 0 spiro atoms. The maximum Gasteiger partial charge on any atom is 0.315 e. The highest BCUT2D eigenvalue weighted by atomic mass is 19.1. The minimum absolute atomic E-state index is 0.0515. The Hall–Kier alpha value is -2.87. The molecular weight excluding hydrogens is 293 g/mol. The average molecular weight is 309 g/mol. The van der Waals surface area contributed by atoms with Gasteiger partial charge in [0, 0.05) is 24.1 Å². The lowest BCUT2D eigenvalue weighted by Crippen LogP contribution is -2.37. The van der Waals surface area contributed by atoms with Gasteiger partial charge >= 0.3 is 6.03 Å². The van der Waals surface area contributed by atoms with E-state index in [4.69, 9.17) is 5.26 Å². The van der Waals surface area contributed by atoms with Crippen LogP contribution in [0.3, 0.4) is 0 Å². The topological polar surface area (TPSA) is 64.9 Å². The molecule has 0 aromatic heterocycles. The second kappa shape index (κ2) is 6.49. The van der Waals surface area contributed by atoms with E-state index in [1.165, 1.54) is 23.8 Å². The molecule has 2 atom stereocenters. The minimum Gasteiger partial charge on any atom is -0.335 e. The molecular formula is C18H16FN3O. The van der Waals surface area contributed by atoms with E-state index in [9.17, 15) is 9.18 Å². The number of carbonyl (C=O) groups is 1. The van der Waals surface area contributed by atoms with E-state index in [0.29, 0.717) is 17.0 Å². The Bertz CT molecular complexity index is 755. The van der Waals surface area contributed by atoms with Crippen LogP contribution in [0.1, 0.15) is 29.0 Å². The lowest BCUT2D eigenvalue weighted by molar-refractivity contribution is 0.240. The number of nitrogens with zero attached hydrogens (tertiary/aromatic N) is 1. The van der Waals surface area contributed by atoms with E-state index >= 15 is 0 Å². The molecule has 2 aromatic carbocycles. The average Bonchev–Trinajstić information content (AvgIpc) is 3.34. The summed E-state index contributed by atoms with van der Waals surface area (Å²) in [6.45, 7) is 0.0515. The molecule has 1 saturated carbocycles. The second-order valence-electron chi connectivity index (χ2n) is 5.60. The maximum absolute atomic E-state index is 13.6. The number of hydrogen-bond donors (Lipinski definition) is 2. The van der Waals surface area contributed by atoms with Gasteiger partial charge in [-0.05, 0) is 30.2 Å². The predicted molar refractivity (Wildman–Crippen MR) is 84.1 cm³/mol. The summed E-state index contributed by atoms with van der Waals surface area (Å²) >= 11 is 0. The SMILES string of the molecule is N#Cc1ccc(F)c(CNC(=O)N[C@H]2C[C@H]2c2ccccc2)c1. The molecule has 116 valence electrons. The van der Waals surface area contributed by atoms with Gasteiger partial charge in [0.15, 0.2) is 0 Å². The number of halogens is 1. The van der Waals surface area contributed by atoms with Crippen molar-refractivity contribution in [2.24, 2.45) is 0 Å². The Balaban J connectivity index is 1.51. The highest BCUT2D eigenvalue weighted by molar-refractivity contribution is 5.75. The minimum atomic E-state index is -0.433. The Labute approximate surface area is 133 Å². The van der Waals surface area contributed by atoms with Crippen LogP contribution in [0.4, 0.5) is 9.18 Å². The smallest absolute Gasteiger partial charge is 0.315 e. The quantitative estimate of drug-likeness (QED) is 0.911. The van der Waals surface area contributed by atoms with Crippen LogP contribution in [0.5, 0.6) is 0 Å². The third-order valence-electron chi connectivity index (χ3n) is 3.95. The lowest BCUT2D eigenvalue weighted by Gasteiger charge is -2.08. The largest absolute Gasteiger partial charge is 0.335 e. The van der Waals surface area contributed by atoms with Gasteiger partial charge in [-0.2, -0.15) is 5.26 Å². The monoisotopic (exact) mass is 309 g/mol. The van der Waals surface area contributed by atoms with Crippen LogP contribution in [0.2, 0.25) is 0 Å². The van der Waals surface area contributed by atoms with Crippen molar-refractivity contribution in [2.75, 3.05) is 0 Å². The summed E-state index contributed by atoms with van der Waals surface area (Å²) in [6.07, 6.45) is 0.912. The highest BCUT2D eigenvalue weighted by Gasteiger charge is 2.39. The molecule has 1 aliphatic carbocycles. The van der Waals surface area contributed by atoms with Crippen molar-refractivity contribution in [2.45, 2.75) is 24.9 Å². The second-order valence-corrected chi connectivity index (χ2v) is 5.60. The molecule has 4 nitrogen and oxygen atoms in total. The number of hydrogen-bond acceptors (Lipinski definition) is 2. The zero-order chi connectivity index (χ0) is 16.2. The van der Waals surface area contributed by atoms with E-state index in [1.54, 1.807) is 0 Å². The Morgan fingerprint density at radius 2 is 2.04 bits per heavy atom. The van der Waals surface area contributed by atoms with Crippen molar-refractivity contribution >= 4 is 6.03 Å². The zero-order valence-electron chi connectivity index (χ0n) is 12.4. The summed E-state index contributed by atoms with van der Waals surface area (Å²) in [7, 11) is 0. The fraction of sp³-hybridized carbons (Fsp3) is 0.222. The van der Waals surface area contributed by atoms with E-state index in [2.05, 4.69) is 10.6 Å². The fourth-order valence-corrected chi connectivity index (χ4v) is 2.60. The standard InChI is InChI=1S/C18H16FN3O/c19-16-7-6-12(10-20)8-14(16)11-21-18(23)22-17-9-15(17)13-4-2-1-3-5-13/h1-8,15,17H,9,11H2,(H2,21,22,23)/t15-,17-/m0/s1. The summed E-state index contributed by atoms with van der Waals surface area (Å²) in [6, 6.07) is 15.9. The van der Waals surface area contributed by atoms with E-state index in [-0.39, 0.29) is 18.6 Å². The van der Waals surface area contributed by atoms with Crippen LogP contribution >= 0.6 is 0 Å². The first-order valence-corrected chi connectivity index (χ1v) is 7.45. The molecule has 0 heterocycles. The molecule has 2 amide bonds. The van der Waals surface area contributed by atoms with Crippen LogP contribution in [-0.4, -0.2) is 12.1 Å². The normalized spacial score (nSPS) is 18.8. The van der Waals surface area contributed by atoms with Gasteiger partial charge in [0.2, 0.25) is 0 Å². The first kappa shape index (κ1) is 15.0. The highest BCUT2D eigenvalue weighted by Crippen LogP contribution is 2.40. The molecule has 23 heavy (non-hydrogen) atoms. The number of nitrogens with one attached hydrogen (secondary N) is 2. The molecule has 5 heteroatoms. The molecule has 1 aliphatic rings. The Morgan fingerprint density at radius 1 is 1.26 bits per heavy atom. The third-order valence-corrected chi connectivity index (χ3v) is 3.95. The number of amides is 2. The molecule has 3 rings (SSSR count). The van der Waals surface area contributed by atoms with Crippen LogP contribution in [0, 0.1) is 17.1 Å². The summed E-state index contributed by atoms with van der Waals surface area (Å²) < 4.78 is 13.6. The number of carbonyl (C=O) groups excluding carboxylic acids is 1. The Morgan fingerprint density at radius 3 is 2.78 bits per heavy atom. The van der Waals surface area contributed by atoms with Crippen LogP contribution in [-0.2, 0) is 6.54 Å². The molecule has 0 aliphatic heterocycles. The van der Waals surface area contributed by atoms with Gasteiger partial charge in [-0.25, -0.2) is 9.18 Å². The van der Waals surface area contributed by atoms with E-state index < -0.39 is 5.82 Å². The van der Waals surface area contributed by atoms with E-state index in [1.807, 2.05) is 36.4 Å². The van der Waals surface area contributed by atoms with Crippen LogP contribution in [0.15, 0.2) is 48.5 Å². The van der Waals surface area contributed by atoms with Gasteiger partial charge < -0.3 is 10.6 Å². The summed E-state index contributed by atoms with van der Waals surface area (Å²) in [5, 5.41) is 14.3. The number of rotatable bonds is 4. The molecule has 0 unspecified atom stereocenters. The van der Waals surface area contributed by atoms with Gasteiger partial charge in [0.05, 0.1) is 11.6 Å². The molecule has 0 saturated heterocycles. The van der Waals surface area contributed by atoms with Gasteiger partial charge in [-0.3, -0.25) is 0 Å². The fourth-order valence-electron chi connectivity index (χ4n) is 2.60. The summed E-state index contributed by atoms with van der Waals surface area (Å²) in [5.41, 5.74) is 1.88. The Kier molecular flexibility index (Phi) is 4.24. The maximum atomic E-state index is 13.6. The zero-order valence-corrected chi connectivity index (χ0v) is 12.4. The molecule has 0 radical (unpaired) electrons. The molecule has 0 bridgehead atoms. The van der Waals surface area contributed by atoms with Crippen molar-refractivity contribution in [1.82, 2.24) is 10.6 Å². The number of nitriles is 1. The summed E-state index contributed by atoms with van der Waals surface area (Å²) in [5.74, 6) is -0.0847. The van der Waals surface area contributed by atoms with Crippen molar-refractivity contribution in [1.29, 1.82) is 5.26 Å². The van der Waals surface area contributed by atoms with Crippen molar-refractivity contribution < 1.29 is 9.18 Å². The van der Waals surface area contributed by atoms with Gasteiger partial charge in [-0.15, -0.1) is 0 Å². The van der Waals surface area contributed by atoms with Crippen molar-refractivity contribution in [3.05, 3.63) is 71.0 Å². The first-order chi connectivity index (χ1) is 11.2. The molecule has 2 aromatic rings. The number of urea groups is 1. The molecule has 1 fully saturated rings. The third kappa shape index (κ3) is 3.67. The van der Waals surface area contributed by atoms with Gasteiger partial charge in [-0.1, -0.05) is 30.3 Å². The van der Waals surface area contributed by atoms with Gasteiger partial charge in [0.1, 0.15) is 5.82 Å². The predicted octanol–water partition coefficient (Wildman–Crippen LogP) is 3.05. The number of benzene rings is 2. The lowest BCUT2D eigenvalue weighted by atomic mass is 10.1. The van der Waals surface area contributed by atoms with Crippen LogP contribution in [0.25, 0.3) is 0 Å². The van der Waals surface area contributed by atoms with E-state index in [0.717, 1.165) is 6.42 Å². The van der Waals surface area contributed by atoms with Gasteiger partial charge in [0.25, 0.3) is 0 Å². The van der Waals surface area contributed by atoms with Crippen molar-refractivity contribution in [3.8, 4) is 6.07 Å². The summed E-state index contributed by atoms with van der Waals surface area (Å²) in [4.78, 5) is 11.9.